The molecule has 1 aromatic carbocycles. The summed E-state index contributed by atoms with van der Waals surface area (Å²) < 4.78 is 6.62. The van der Waals surface area contributed by atoms with E-state index in [1.807, 2.05) is 37.3 Å². The SMILES string of the molecule is CCNC(=NCc1ccc(Cn2ccccc2=O)cc1)N1CC(C)C(C(=O)OC)C1.I. The van der Waals surface area contributed by atoms with Gasteiger partial charge in [0.1, 0.15) is 0 Å². The maximum atomic E-state index is 12.0. The van der Waals surface area contributed by atoms with Crippen molar-refractivity contribution < 1.29 is 9.53 Å². The second kappa shape index (κ2) is 11.9. The minimum absolute atomic E-state index is 0. The van der Waals surface area contributed by atoms with E-state index >= 15 is 0 Å². The number of carbonyl (C=O) groups is 1. The van der Waals surface area contributed by atoms with Crippen molar-refractivity contribution in [2.75, 3.05) is 26.7 Å². The molecule has 1 N–H and O–H groups in total. The molecule has 0 spiro atoms. The van der Waals surface area contributed by atoms with Crippen molar-refractivity contribution in [2.45, 2.75) is 26.9 Å². The molecule has 31 heavy (non-hydrogen) atoms. The van der Waals surface area contributed by atoms with E-state index in [1.165, 1.54) is 7.11 Å². The van der Waals surface area contributed by atoms with Gasteiger partial charge in [0.25, 0.3) is 5.56 Å². The highest BCUT2D eigenvalue weighted by Gasteiger charge is 2.36. The number of pyridine rings is 1. The van der Waals surface area contributed by atoms with E-state index in [2.05, 4.69) is 17.1 Å². The molecule has 2 aromatic rings. The van der Waals surface area contributed by atoms with Crippen LogP contribution >= 0.6 is 24.0 Å². The summed E-state index contributed by atoms with van der Waals surface area (Å²) in [5.74, 6) is 0.756. The van der Waals surface area contributed by atoms with Gasteiger partial charge in [0.15, 0.2) is 5.96 Å². The van der Waals surface area contributed by atoms with Gasteiger partial charge < -0.3 is 19.5 Å². The van der Waals surface area contributed by atoms with Crippen molar-refractivity contribution in [1.29, 1.82) is 0 Å². The van der Waals surface area contributed by atoms with E-state index in [9.17, 15) is 9.59 Å². The summed E-state index contributed by atoms with van der Waals surface area (Å²) in [6, 6.07) is 13.3. The third kappa shape index (κ3) is 6.56. The van der Waals surface area contributed by atoms with Crippen LogP contribution in [0, 0.1) is 11.8 Å². The Bertz CT molecular complexity index is 942. The Kier molecular flexibility index (Phi) is 9.54. The Morgan fingerprint density at radius 3 is 2.52 bits per heavy atom. The number of aliphatic imine (C=N–C) groups is 1. The molecule has 1 fully saturated rings. The highest BCUT2D eigenvalue weighted by molar-refractivity contribution is 14.0. The number of halogens is 1. The predicted octanol–water partition coefficient (Wildman–Crippen LogP) is 2.72. The van der Waals surface area contributed by atoms with Crippen LogP contribution in [-0.2, 0) is 22.6 Å². The van der Waals surface area contributed by atoms with Crippen LogP contribution in [0.2, 0.25) is 0 Å². The number of nitrogens with one attached hydrogen (secondary N) is 1. The standard InChI is InChI=1S/C23H30N4O3.HI/c1-4-24-23(27-14-17(2)20(16-27)22(29)30-3)25-13-18-8-10-19(11-9-18)15-26-12-6-5-7-21(26)28;/h5-12,17,20H,4,13-16H2,1-3H3,(H,24,25);1H. The third-order valence-electron chi connectivity index (χ3n) is 5.44. The second-order valence-corrected chi connectivity index (χ2v) is 7.67. The number of likely N-dealkylation sites (tertiary alicyclic amines) is 1. The number of nitrogens with zero attached hydrogens (tertiary/aromatic N) is 3. The zero-order valence-corrected chi connectivity index (χ0v) is 20.6. The van der Waals surface area contributed by atoms with Crippen LogP contribution in [0.1, 0.15) is 25.0 Å². The van der Waals surface area contributed by atoms with Crippen molar-refractivity contribution in [3.8, 4) is 0 Å². The predicted molar refractivity (Wildman–Crippen MR) is 133 cm³/mol. The van der Waals surface area contributed by atoms with Gasteiger partial charge in [-0.05, 0) is 30.0 Å². The zero-order chi connectivity index (χ0) is 21.5. The highest BCUT2D eigenvalue weighted by Crippen LogP contribution is 2.24. The van der Waals surface area contributed by atoms with E-state index in [1.54, 1.807) is 22.9 Å². The van der Waals surface area contributed by atoms with E-state index < -0.39 is 0 Å². The van der Waals surface area contributed by atoms with Crippen molar-refractivity contribution in [3.63, 3.8) is 0 Å². The molecule has 8 heteroatoms. The monoisotopic (exact) mass is 538 g/mol. The van der Waals surface area contributed by atoms with Crippen molar-refractivity contribution in [1.82, 2.24) is 14.8 Å². The van der Waals surface area contributed by atoms with Crippen molar-refractivity contribution >= 4 is 35.9 Å². The molecule has 7 nitrogen and oxygen atoms in total. The van der Waals surface area contributed by atoms with Gasteiger partial charge in [-0.3, -0.25) is 9.59 Å². The fourth-order valence-electron chi connectivity index (χ4n) is 3.73. The van der Waals surface area contributed by atoms with Gasteiger partial charge >= 0.3 is 5.97 Å². The first-order valence-corrected chi connectivity index (χ1v) is 10.4. The molecule has 2 atom stereocenters. The number of methoxy groups -OCH3 is 1. The third-order valence-corrected chi connectivity index (χ3v) is 5.44. The molecule has 0 bridgehead atoms. The van der Waals surface area contributed by atoms with Crippen molar-refractivity contribution in [2.24, 2.45) is 16.8 Å². The summed E-state index contributed by atoms with van der Waals surface area (Å²) >= 11 is 0. The van der Waals surface area contributed by atoms with Crippen molar-refractivity contribution in [3.05, 3.63) is 70.1 Å². The van der Waals surface area contributed by atoms with Crippen LogP contribution in [0.15, 0.2) is 58.4 Å². The summed E-state index contributed by atoms with van der Waals surface area (Å²) in [6.45, 7) is 7.35. The number of carbonyl (C=O) groups excluding carboxylic acids is 1. The normalized spacial score (nSPS) is 18.4. The number of esters is 1. The Labute approximate surface area is 200 Å². The molecule has 0 saturated carbocycles. The van der Waals surface area contributed by atoms with Crippen LogP contribution in [0.4, 0.5) is 0 Å². The van der Waals surface area contributed by atoms with Crippen LogP contribution in [0.25, 0.3) is 0 Å². The molecule has 168 valence electrons. The largest absolute Gasteiger partial charge is 0.469 e. The molecule has 0 aliphatic carbocycles. The highest BCUT2D eigenvalue weighted by atomic mass is 127. The maximum Gasteiger partial charge on any atom is 0.310 e. The number of benzene rings is 1. The zero-order valence-electron chi connectivity index (χ0n) is 18.3. The topological polar surface area (TPSA) is 75.9 Å². The van der Waals surface area contributed by atoms with Crippen LogP contribution < -0.4 is 10.9 Å². The molecule has 3 rings (SSSR count). The summed E-state index contributed by atoms with van der Waals surface area (Å²) in [4.78, 5) is 30.8. The lowest BCUT2D eigenvalue weighted by molar-refractivity contribution is -0.145. The molecule has 1 aromatic heterocycles. The molecule has 0 radical (unpaired) electrons. The van der Waals surface area contributed by atoms with E-state index in [-0.39, 0.29) is 47.3 Å². The molecular weight excluding hydrogens is 507 g/mol. The Morgan fingerprint density at radius 1 is 1.16 bits per heavy atom. The summed E-state index contributed by atoms with van der Waals surface area (Å²) in [5, 5.41) is 3.33. The average molecular weight is 538 g/mol. The van der Waals surface area contributed by atoms with E-state index in [4.69, 9.17) is 9.73 Å². The van der Waals surface area contributed by atoms with Gasteiger partial charge in [0, 0.05) is 31.9 Å². The first-order valence-electron chi connectivity index (χ1n) is 10.4. The fraction of sp³-hybridized carbons (Fsp3) is 0.435. The van der Waals surface area contributed by atoms with Crippen LogP contribution in [0.3, 0.4) is 0 Å². The van der Waals surface area contributed by atoms with Gasteiger partial charge in [-0.25, -0.2) is 4.99 Å². The maximum absolute atomic E-state index is 12.0. The summed E-state index contributed by atoms with van der Waals surface area (Å²) in [5.41, 5.74) is 2.15. The Balaban J connectivity index is 0.00000341. The molecule has 1 aliphatic heterocycles. The van der Waals surface area contributed by atoms with E-state index in [0.29, 0.717) is 19.6 Å². The van der Waals surface area contributed by atoms with Crippen LogP contribution in [-0.4, -0.2) is 48.1 Å². The first-order chi connectivity index (χ1) is 14.5. The van der Waals surface area contributed by atoms with E-state index in [0.717, 1.165) is 30.2 Å². The lowest BCUT2D eigenvalue weighted by Crippen LogP contribution is -2.40. The molecule has 2 heterocycles. The second-order valence-electron chi connectivity index (χ2n) is 7.67. The average Bonchev–Trinajstić information content (AvgIpc) is 3.14. The van der Waals surface area contributed by atoms with Crippen LogP contribution in [0.5, 0.6) is 0 Å². The quantitative estimate of drug-likeness (QED) is 0.265. The van der Waals surface area contributed by atoms with Gasteiger partial charge in [-0.2, -0.15) is 0 Å². The smallest absolute Gasteiger partial charge is 0.310 e. The van der Waals surface area contributed by atoms with Gasteiger partial charge in [-0.1, -0.05) is 37.3 Å². The summed E-state index contributed by atoms with van der Waals surface area (Å²) in [6.07, 6.45) is 1.79. The van der Waals surface area contributed by atoms with Gasteiger partial charge in [0.2, 0.25) is 0 Å². The number of hydrogen-bond acceptors (Lipinski definition) is 4. The minimum Gasteiger partial charge on any atom is -0.469 e. The Morgan fingerprint density at radius 2 is 1.87 bits per heavy atom. The molecule has 2 unspecified atom stereocenters. The number of aromatic nitrogens is 1. The summed E-state index contributed by atoms with van der Waals surface area (Å²) in [7, 11) is 1.44. The fourth-order valence-corrected chi connectivity index (χ4v) is 3.73. The van der Waals surface area contributed by atoms with Gasteiger partial charge in [0.05, 0.1) is 26.1 Å². The first kappa shape index (κ1) is 24.9. The van der Waals surface area contributed by atoms with Gasteiger partial charge in [-0.15, -0.1) is 24.0 Å². The Hall–Kier alpha value is -2.36. The number of hydrogen-bond donors (Lipinski definition) is 1. The number of ether oxygens (including phenoxy) is 1. The molecule has 0 amide bonds. The lowest BCUT2D eigenvalue weighted by atomic mass is 9.99. The lowest BCUT2D eigenvalue weighted by Gasteiger charge is -2.21. The molecule has 1 saturated heterocycles. The number of rotatable bonds is 6. The number of guanidine groups is 1. The molecular formula is C23H31IN4O3. The molecule has 1 aliphatic rings. The minimum atomic E-state index is -0.158.